The maximum atomic E-state index is 13.3. The Kier molecular flexibility index (Phi) is 11.8. The van der Waals surface area contributed by atoms with Gasteiger partial charge in [-0.2, -0.15) is 26.3 Å². The van der Waals surface area contributed by atoms with Crippen molar-refractivity contribution in [2.24, 2.45) is 5.73 Å². The number of pyridine rings is 2. The lowest BCUT2D eigenvalue weighted by molar-refractivity contribution is -0.139. The number of carbonyl (C=O) groups excluding carboxylic acids is 4. The number of benzene rings is 2. The lowest BCUT2D eigenvalue weighted by atomic mass is 9.86. The van der Waals surface area contributed by atoms with Gasteiger partial charge in [0.2, 0.25) is 17.6 Å². The Hall–Kier alpha value is -6.86. The quantitative estimate of drug-likeness (QED) is 0.192. The normalized spacial score (nSPS) is 15.4. The molecule has 3 N–H and O–H groups in total. The van der Waals surface area contributed by atoms with E-state index < -0.39 is 29.4 Å². The fourth-order valence-electron chi connectivity index (χ4n) is 7.80. The van der Waals surface area contributed by atoms with Crippen LogP contribution in [0.5, 0.6) is 0 Å². The summed E-state index contributed by atoms with van der Waals surface area (Å²) in [6.07, 6.45) is -4.07. The molecule has 4 aromatic heterocycles. The van der Waals surface area contributed by atoms with Crippen LogP contribution in [0.15, 0.2) is 85.2 Å². The van der Waals surface area contributed by atoms with Crippen molar-refractivity contribution < 1.29 is 45.5 Å². The first kappa shape index (κ1) is 42.3. The lowest BCUT2D eigenvalue weighted by Gasteiger charge is -2.32. The van der Waals surface area contributed by atoms with E-state index >= 15 is 0 Å². The molecule has 0 spiro atoms. The number of carbonyl (C=O) groups is 4. The van der Waals surface area contributed by atoms with Crippen molar-refractivity contribution in [3.8, 4) is 0 Å². The molecule has 0 bridgehead atoms. The van der Waals surface area contributed by atoms with Gasteiger partial charge in [0.15, 0.2) is 11.3 Å². The van der Waals surface area contributed by atoms with Crippen LogP contribution >= 0.6 is 0 Å². The SMILES string of the molecule is CNC(=O)c1ccn2c(C(=O)N3CCC(c4ccccc4C(F)(F)F)CC3)nnc2c1.NC(=O)c1ccn2c(C(=O)N3CCC(c4ccccc4C(F)(F)F)CC3)nnc2c1. The Labute approximate surface area is 343 Å². The molecule has 0 aliphatic carbocycles. The van der Waals surface area contributed by atoms with Crippen LogP contribution in [0.25, 0.3) is 11.3 Å². The van der Waals surface area contributed by atoms with Crippen molar-refractivity contribution in [1.29, 1.82) is 0 Å². The Balaban J connectivity index is 0.000000184. The van der Waals surface area contributed by atoms with E-state index in [0.29, 0.717) is 68.7 Å². The largest absolute Gasteiger partial charge is 0.416 e. The van der Waals surface area contributed by atoms with E-state index in [9.17, 15) is 45.5 Å². The molecule has 61 heavy (non-hydrogen) atoms. The highest BCUT2D eigenvalue weighted by Crippen LogP contribution is 2.40. The van der Waals surface area contributed by atoms with Crippen molar-refractivity contribution in [3.63, 3.8) is 0 Å². The molecule has 2 saturated heterocycles. The van der Waals surface area contributed by atoms with Gasteiger partial charge in [0.25, 0.3) is 17.7 Å². The zero-order chi connectivity index (χ0) is 43.6. The molecule has 2 aliphatic heterocycles. The number of hydrogen-bond donors (Lipinski definition) is 2. The summed E-state index contributed by atoms with van der Waals surface area (Å²) < 4.78 is 82.9. The van der Waals surface area contributed by atoms with E-state index in [0.717, 1.165) is 12.1 Å². The number of amides is 4. The first-order chi connectivity index (χ1) is 29.0. The van der Waals surface area contributed by atoms with Crippen LogP contribution in [0.3, 0.4) is 0 Å². The fraction of sp³-hybridized carbons (Fsp3) is 0.317. The van der Waals surface area contributed by atoms with Gasteiger partial charge >= 0.3 is 12.4 Å². The second kappa shape index (κ2) is 17.0. The highest BCUT2D eigenvalue weighted by molar-refractivity contribution is 5.96. The minimum Gasteiger partial charge on any atom is -0.366 e. The molecule has 0 saturated carbocycles. The summed E-state index contributed by atoms with van der Waals surface area (Å²) in [5, 5.41) is 18.3. The molecule has 0 unspecified atom stereocenters. The van der Waals surface area contributed by atoms with E-state index in [1.54, 1.807) is 34.2 Å². The molecular formula is C41H38F6N10O4. The van der Waals surface area contributed by atoms with Crippen molar-refractivity contribution in [3.05, 3.63) is 130 Å². The summed E-state index contributed by atoms with van der Waals surface area (Å²) in [5.41, 5.74) is 5.86. The van der Waals surface area contributed by atoms with E-state index in [-0.39, 0.29) is 57.9 Å². The summed E-state index contributed by atoms with van der Waals surface area (Å²) in [7, 11) is 1.52. The number of rotatable bonds is 6. The van der Waals surface area contributed by atoms with Gasteiger partial charge in [0, 0.05) is 56.7 Å². The maximum Gasteiger partial charge on any atom is 0.416 e. The molecule has 318 valence electrons. The standard InChI is InChI=1S/C21H20F3N5O2.C20H18F3N5O2/c1-25-19(30)14-8-11-29-17(12-14)26-27-18(29)20(31)28-9-6-13(7-10-28)15-4-2-3-5-16(15)21(22,23)24;21-20(22,23)15-4-2-1-3-14(15)12-5-8-27(9-6-12)19(30)18-26-25-16-11-13(17(24)29)7-10-28(16)18/h2-5,8,11-13H,6-7,9-10H2,1H3,(H,25,30);1-4,7,10-12H,5-6,8-9H2,(H2,24,29). The maximum absolute atomic E-state index is 13.3. The third kappa shape index (κ3) is 8.87. The molecule has 6 aromatic rings. The minimum atomic E-state index is -4.41. The average molecular weight is 849 g/mol. The van der Waals surface area contributed by atoms with E-state index in [1.165, 1.54) is 64.5 Å². The second-order valence-electron chi connectivity index (χ2n) is 14.6. The van der Waals surface area contributed by atoms with Crippen LogP contribution in [-0.2, 0) is 12.4 Å². The molecule has 2 fully saturated rings. The zero-order valence-corrected chi connectivity index (χ0v) is 32.5. The van der Waals surface area contributed by atoms with Crippen molar-refractivity contribution in [1.82, 2.24) is 44.3 Å². The predicted octanol–water partition coefficient (Wildman–Crippen LogP) is 5.99. The van der Waals surface area contributed by atoms with Crippen molar-refractivity contribution >= 4 is 34.9 Å². The highest BCUT2D eigenvalue weighted by Gasteiger charge is 2.38. The summed E-state index contributed by atoms with van der Waals surface area (Å²) >= 11 is 0. The van der Waals surface area contributed by atoms with Gasteiger partial charge in [-0.25, -0.2) is 0 Å². The number of halogens is 6. The number of nitrogens with zero attached hydrogens (tertiary/aromatic N) is 8. The summed E-state index contributed by atoms with van der Waals surface area (Å²) in [6.45, 7) is 1.26. The molecule has 6 heterocycles. The number of fused-ring (bicyclic) bond motifs is 2. The van der Waals surface area contributed by atoms with Gasteiger partial charge in [-0.3, -0.25) is 28.0 Å². The van der Waals surface area contributed by atoms with Gasteiger partial charge in [-0.1, -0.05) is 36.4 Å². The van der Waals surface area contributed by atoms with E-state index in [2.05, 4.69) is 25.7 Å². The Bertz CT molecular complexity index is 2610. The second-order valence-corrected chi connectivity index (χ2v) is 14.6. The molecule has 2 aromatic carbocycles. The monoisotopic (exact) mass is 848 g/mol. The van der Waals surface area contributed by atoms with Crippen molar-refractivity contribution in [2.75, 3.05) is 33.2 Å². The Morgan fingerprint density at radius 3 is 1.39 bits per heavy atom. The summed E-state index contributed by atoms with van der Waals surface area (Å²) in [4.78, 5) is 52.0. The van der Waals surface area contributed by atoms with Crippen LogP contribution < -0.4 is 11.1 Å². The van der Waals surface area contributed by atoms with Crippen LogP contribution in [0, 0.1) is 0 Å². The van der Waals surface area contributed by atoms with Crippen LogP contribution in [0.4, 0.5) is 26.3 Å². The van der Waals surface area contributed by atoms with Gasteiger partial charge in [0.05, 0.1) is 11.1 Å². The van der Waals surface area contributed by atoms with Gasteiger partial charge in [0.1, 0.15) is 0 Å². The number of likely N-dealkylation sites (tertiary alicyclic amines) is 2. The first-order valence-corrected chi connectivity index (χ1v) is 19.2. The topological polar surface area (TPSA) is 173 Å². The minimum absolute atomic E-state index is 0.0789. The van der Waals surface area contributed by atoms with Crippen LogP contribution in [-0.4, -0.2) is 95.9 Å². The van der Waals surface area contributed by atoms with Gasteiger partial charge < -0.3 is 20.9 Å². The van der Waals surface area contributed by atoms with Crippen LogP contribution in [0.2, 0.25) is 0 Å². The number of nitrogens with one attached hydrogen (secondary N) is 1. The number of primary amides is 1. The molecule has 0 atom stereocenters. The molecule has 4 amide bonds. The van der Waals surface area contributed by atoms with Gasteiger partial charge in [-0.15, -0.1) is 20.4 Å². The molecule has 20 heteroatoms. The van der Waals surface area contributed by atoms with Gasteiger partial charge in [-0.05, 0) is 85.0 Å². The number of nitrogens with two attached hydrogens (primary N) is 1. The number of alkyl halides is 6. The third-order valence-corrected chi connectivity index (χ3v) is 11.0. The third-order valence-electron chi connectivity index (χ3n) is 11.0. The summed E-state index contributed by atoms with van der Waals surface area (Å²) in [5.74, 6) is -1.97. The first-order valence-electron chi connectivity index (χ1n) is 19.2. The predicted molar refractivity (Wildman–Crippen MR) is 207 cm³/mol. The van der Waals surface area contributed by atoms with E-state index in [4.69, 9.17) is 5.73 Å². The Morgan fingerprint density at radius 1 is 0.607 bits per heavy atom. The summed E-state index contributed by atoms with van der Waals surface area (Å²) in [6, 6.07) is 17.2. The number of hydrogen-bond acceptors (Lipinski definition) is 8. The molecule has 0 radical (unpaired) electrons. The average Bonchev–Trinajstić information content (AvgIpc) is 3.89. The zero-order valence-electron chi connectivity index (χ0n) is 32.5. The van der Waals surface area contributed by atoms with Crippen LogP contribution in [0.1, 0.15) is 102 Å². The Morgan fingerprint density at radius 2 is 1.00 bits per heavy atom. The van der Waals surface area contributed by atoms with Crippen molar-refractivity contribution in [2.45, 2.75) is 49.9 Å². The highest BCUT2D eigenvalue weighted by atomic mass is 19.4. The number of aromatic nitrogens is 6. The molecule has 2 aliphatic rings. The molecule has 14 nitrogen and oxygen atoms in total. The van der Waals surface area contributed by atoms with E-state index in [1.807, 2.05) is 0 Å². The number of piperidine rings is 2. The molecule has 8 rings (SSSR count). The fourth-order valence-corrected chi connectivity index (χ4v) is 7.80. The molecular weight excluding hydrogens is 811 g/mol. The smallest absolute Gasteiger partial charge is 0.366 e. The lowest BCUT2D eigenvalue weighted by Crippen LogP contribution is -2.39.